The van der Waals surface area contributed by atoms with E-state index in [1.54, 1.807) is 12.1 Å². The fraction of sp³-hybridized carbons (Fsp3) is 0.273. The molecule has 0 aliphatic carbocycles. The van der Waals surface area contributed by atoms with Crippen molar-refractivity contribution in [3.8, 4) is 0 Å². The fourth-order valence-electron chi connectivity index (χ4n) is 1.75. The molecule has 0 amide bonds. The molecule has 1 aliphatic rings. The van der Waals surface area contributed by atoms with Crippen LogP contribution in [0.15, 0.2) is 34.7 Å². The lowest BCUT2D eigenvalue weighted by Crippen LogP contribution is -1.98. The summed E-state index contributed by atoms with van der Waals surface area (Å²) >= 11 is 0. The molecule has 3 heteroatoms. The number of hydrogen-bond donors (Lipinski definition) is 0. The molecule has 0 radical (unpaired) electrons. The Morgan fingerprint density at radius 1 is 1.21 bits per heavy atom. The van der Waals surface area contributed by atoms with Gasteiger partial charge < -0.3 is 0 Å². The van der Waals surface area contributed by atoms with Crippen LogP contribution < -0.4 is 0 Å². The van der Waals surface area contributed by atoms with Crippen LogP contribution in [0.2, 0.25) is 0 Å². The average Bonchev–Trinajstić information content (AvgIpc) is 2.40. The van der Waals surface area contributed by atoms with Crippen molar-refractivity contribution in [2.24, 2.45) is 0 Å². The van der Waals surface area contributed by atoms with Crippen molar-refractivity contribution in [2.75, 3.05) is 5.75 Å². The third-order valence-electron chi connectivity index (χ3n) is 2.49. The number of fused-ring (bicyclic) bond motifs is 1. The van der Waals surface area contributed by atoms with E-state index in [0.29, 0.717) is 4.90 Å². The highest BCUT2D eigenvalue weighted by atomic mass is 32.2. The van der Waals surface area contributed by atoms with E-state index in [1.807, 2.05) is 26.0 Å². The molecule has 0 atom stereocenters. The third-order valence-corrected chi connectivity index (χ3v) is 4.18. The van der Waals surface area contributed by atoms with Gasteiger partial charge in [0.15, 0.2) is 9.84 Å². The van der Waals surface area contributed by atoms with E-state index >= 15 is 0 Å². The summed E-state index contributed by atoms with van der Waals surface area (Å²) < 4.78 is 23.5. The van der Waals surface area contributed by atoms with Crippen LogP contribution in [-0.2, 0) is 9.84 Å². The number of benzene rings is 1. The van der Waals surface area contributed by atoms with Crippen molar-refractivity contribution in [2.45, 2.75) is 18.7 Å². The summed E-state index contributed by atoms with van der Waals surface area (Å²) in [6.45, 7) is 3.90. The van der Waals surface area contributed by atoms with Gasteiger partial charge in [0.2, 0.25) is 0 Å². The zero-order valence-corrected chi connectivity index (χ0v) is 9.06. The van der Waals surface area contributed by atoms with Gasteiger partial charge in [0, 0.05) is 0 Å². The summed E-state index contributed by atoms with van der Waals surface area (Å²) in [5.74, 6) is 0.161. The largest absolute Gasteiger partial charge is 0.223 e. The first-order valence-corrected chi connectivity index (χ1v) is 6.16. The van der Waals surface area contributed by atoms with E-state index in [2.05, 4.69) is 0 Å². The second-order valence-corrected chi connectivity index (χ2v) is 5.69. The minimum Gasteiger partial charge on any atom is -0.223 e. The number of sulfone groups is 1. The smallest absolute Gasteiger partial charge is 0.183 e. The molecule has 0 fully saturated rings. The van der Waals surface area contributed by atoms with E-state index in [0.717, 1.165) is 16.7 Å². The molecule has 0 aromatic heterocycles. The maximum absolute atomic E-state index is 11.7. The minimum atomic E-state index is -3.06. The predicted octanol–water partition coefficient (Wildman–Crippen LogP) is 2.27. The lowest BCUT2D eigenvalue weighted by molar-refractivity contribution is 0.601. The molecule has 1 heterocycles. The van der Waals surface area contributed by atoms with Gasteiger partial charge in [-0.1, -0.05) is 23.8 Å². The highest BCUT2D eigenvalue weighted by Crippen LogP contribution is 2.35. The van der Waals surface area contributed by atoms with Gasteiger partial charge in [0.25, 0.3) is 0 Å². The summed E-state index contributed by atoms with van der Waals surface area (Å²) in [5.41, 5.74) is 2.92. The fourth-order valence-corrected chi connectivity index (χ4v) is 3.54. The van der Waals surface area contributed by atoms with Gasteiger partial charge in [0.05, 0.1) is 10.6 Å². The summed E-state index contributed by atoms with van der Waals surface area (Å²) in [6, 6.07) is 7.20. The van der Waals surface area contributed by atoms with Crippen LogP contribution >= 0.6 is 0 Å². The van der Waals surface area contributed by atoms with Gasteiger partial charge in [-0.15, -0.1) is 0 Å². The van der Waals surface area contributed by atoms with E-state index in [9.17, 15) is 8.42 Å². The Balaban J connectivity index is 2.80. The van der Waals surface area contributed by atoms with Crippen LogP contribution in [0.4, 0.5) is 0 Å². The quantitative estimate of drug-likeness (QED) is 0.655. The van der Waals surface area contributed by atoms with Crippen LogP contribution in [0.25, 0.3) is 5.57 Å². The van der Waals surface area contributed by atoms with Crippen molar-refractivity contribution in [3.05, 3.63) is 35.4 Å². The summed E-state index contributed by atoms with van der Waals surface area (Å²) in [7, 11) is -3.06. The Bertz CT molecular complexity index is 506. The molecule has 0 saturated carbocycles. The second kappa shape index (κ2) is 2.95. The maximum Gasteiger partial charge on any atom is 0.183 e. The van der Waals surface area contributed by atoms with Crippen LogP contribution in [0.5, 0.6) is 0 Å². The van der Waals surface area contributed by atoms with E-state index < -0.39 is 9.84 Å². The van der Waals surface area contributed by atoms with Gasteiger partial charge in [-0.05, 0) is 31.1 Å². The molecule has 0 unspecified atom stereocenters. The summed E-state index contributed by atoms with van der Waals surface area (Å²) in [5, 5.41) is 0. The first kappa shape index (κ1) is 9.46. The molecule has 2 nitrogen and oxygen atoms in total. The van der Waals surface area contributed by atoms with E-state index in [-0.39, 0.29) is 5.75 Å². The molecule has 14 heavy (non-hydrogen) atoms. The van der Waals surface area contributed by atoms with Crippen LogP contribution in [-0.4, -0.2) is 14.2 Å². The minimum absolute atomic E-state index is 0.161. The van der Waals surface area contributed by atoms with Crippen molar-refractivity contribution in [3.63, 3.8) is 0 Å². The Morgan fingerprint density at radius 3 is 2.50 bits per heavy atom. The van der Waals surface area contributed by atoms with Gasteiger partial charge in [-0.3, -0.25) is 0 Å². The maximum atomic E-state index is 11.7. The monoisotopic (exact) mass is 208 g/mol. The van der Waals surface area contributed by atoms with Crippen molar-refractivity contribution in [1.82, 2.24) is 0 Å². The first-order chi connectivity index (χ1) is 6.52. The van der Waals surface area contributed by atoms with E-state index in [1.165, 1.54) is 0 Å². The lowest BCUT2D eigenvalue weighted by atomic mass is 10.0. The van der Waals surface area contributed by atoms with Gasteiger partial charge in [-0.25, -0.2) is 8.42 Å². The average molecular weight is 208 g/mol. The molecule has 1 aromatic rings. The van der Waals surface area contributed by atoms with Crippen molar-refractivity contribution in [1.29, 1.82) is 0 Å². The molecule has 0 spiro atoms. The molecule has 74 valence electrons. The topological polar surface area (TPSA) is 34.1 Å². The summed E-state index contributed by atoms with van der Waals surface area (Å²) in [4.78, 5) is 0.483. The highest BCUT2D eigenvalue weighted by Gasteiger charge is 2.29. The molecule has 0 bridgehead atoms. The van der Waals surface area contributed by atoms with Crippen molar-refractivity contribution >= 4 is 15.4 Å². The SMILES string of the molecule is CC(C)=C1CS(=O)(=O)c2ccccc21. The molecule has 2 rings (SSSR count). The molecule has 0 N–H and O–H groups in total. The van der Waals surface area contributed by atoms with Crippen LogP contribution in [0.1, 0.15) is 19.4 Å². The Hall–Kier alpha value is -1.09. The molecule has 1 aliphatic heterocycles. The molecular weight excluding hydrogens is 196 g/mol. The molecule has 0 saturated heterocycles. The standard InChI is InChI=1S/C11H12O2S/c1-8(2)10-7-14(12,13)11-6-4-3-5-9(10)11/h3-6H,7H2,1-2H3. The Labute approximate surface area is 84.2 Å². The highest BCUT2D eigenvalue weighted by molar-refractivity contribution is 7.92. The van der Waals surface area contributed by atoms with Gasteiger partial charge in [0.1, 0.15) is 0 Å². The van der Waals surface area contributed by atoms with E-state index in [4.69, 9.17) is 0 Å². The first-order valence-electron chi connectivity index (χ1n) is 4.51. The number of allylic oxidation sites excluding steroid dienone is 1. The summed E-state index contributed by atoms with van der Waals surface area (Å²) in [6.07, 6.45) is 0. The number of rotatable bonds is 0. The lowest BCUT2D eigenvalue weighted by Gasteiger charge is -1.99. The Morgan fingerprint density at radius 2 is 1.86 bits per heavy atom. The molecule has 1 aromatic carbocycles. The zero-order valence-electron chi connectivity index (χ0n) is 8.24. The predicted molar refractivity (Wildman–Crippen MR) is 56.8 cm³/mol. The normalized spacial score (nSPS) is 18.0. The van der Waals surface area contributed by atoms with Crippen molar-refractivity contribution < 1.29 is 8.42 Å². The van der Waals surface area contributed by atoms with Gasteiger partial charge >= 0.3 is 0 Å². The van der Waals surface area contributed by atoms with Gasteiger partial charge in [-0.2, -0.15) is 0 Å². The van der Waals surface area contributed by atoms with Crippen LogP contribution in [0.3, 0.4) is 0 Å². The second-order valence-electron chi connectivity index (χ2n) is 3.73. The molecular formula is C11H12O2S. The third kappa shape index (κ3) is 1.28. The Kier molecular flexibility index (Phi) is 2.00. The zero-order chi connectivity index (χ0) is 10.3. The number of hydrogen-bond acceptors (Lipinski definition) is 2. The van der Waals surface area contributed by atoms with Crippen LogP contribution in [0, 0.1) is 0 Å².